The molecule has 2 aromatic carbocycles. The van der Waals surface area contributed by atoms with Gasteiger partial charge in [0.05, 0.1) is 27.0 Å². The molecule has 0 aliphatic rings. The topological polar surface area (TPSA) is 86.8 Å². The van der Waals surface area contributed by atoms with Crippen LogP contribution >= 0.6 is 34.8 Å². The number of rotatable bonds is 12. The van der Waals surface area contributed by atoms with Crippen molar-refractivity contribution in [2.75, 3.05) is 23.7 Å². The zero-order valence-electron chi connectivity index (χ0n) is 20.9. The SMILES string of the molecule is CCCCNC(=O)[C@H](CC)N(Cc1ccccc1C)C(=O)CN(c1cc(Cl)c(Cl)cc1Cl)S(C)(=O)=O. The highest BCUT2D eigenvalue weighted by atomic mass is 35.5. The molecule has 0 saturated carbocycles. The molecular weight excluding hydrogens is 545 g/mol. The Morgan fingerprint density at radius 3 is 2.25 bits per heavy atom. The molecular formula is C25H32Cl3N3O4S. The number of benzene rings is 2. The number of carbonyl (C=O) groups is 2. The monoisotopic (exact) mass is 575 g/mol. The first-order valence-electron chi connectivity index (χ1n) is 11.6. The number of hydrogen-bond donors (Lipinski definition) is 1. The van der Waals surface area contributed by atoms with E-state index in [-0.39, 0.29) is 33.2 Å². The Labute approximate surface area is 228 Å². The van der Waals surface area contributed by atoms with E-state index in [1.807, 2.05) is 45.0 Å². The summed E-state index contributed by atoms with van der Waals surface area (Å²) in [5, 5.41) is 3.16. The summed E-state index contributed by atoms with van der Waals surface area (Å²) in [5.74, 6) is -0.838. The summed E-state index contributed by atoms with van der Waals surface area (Å²) in [6, 6.07) is 9.37. The minimum atomic E-state index is -3.95. The first kappa shape index (κ1) is 30.2. The molecule has 0 fully saturated rings. The summed E-state index contributed by atoms with van der Waals surface area (Å²) < 4.78 is 26.4. The predicted octanol–water partition coefficient (Wildman–Crippen LogP) is 5.44. The number of aryl methyl sites for hydroxylation is 1. The molecule has 11 heteroatoms. The summed E-state index contributed by atoms with van der Waals surface area (Å²) in [5.41, 5.74) is 1.83. The third-order valence-corrected chi connectivity index (χ3v) is 7.91. The molecule has 0 radical (unpaired) electrons. The number of anilines is 1. The first-order chi connectivity index (χ1) is 16.9. The standard InChI is InChI=1S/C25H32Cl3N3O4S/c1-5-7-12-29-25(33)22(6-2)30(15-18-11-9-8-10-17(18)3)24(32)16-31(36(4,34)35)23-14-20(27)19(26)13-21(23)28/h8-11,13-14,22H,5-7,12,15-16H2,1-4H3,(H,29,33)/t22-/m0/s1. The summed E-state index contributed by atoms with van der Waals surface area (Å²) in [6.07, 6.45) is 3.05. The third kappa shape index (κ3) is 8.00. The van der Waals surface area contributed by atoms with E-state index in [2.05, 4.69) is 5.32 Å². The Morgan fingerprint density at radius 2 is 1.67 bits per heavy atom. The number of nitrogens with one attached hydrogen (secondary N) is 1. The predicted molar refractivity (Wildman–Crippen MR) is 147 cm³/mol. The molecule has 2 amide bonds. The van der Waals surface area contributed by atoms with Gasteiger partial charge in [0.1, 0.15) is 12.6 Å². The summed E-state index contributed by atoms with van der Waals surface area (Å²) in [4.78, 5) is 28.2. The Kier molecular flexibility index (Phi) is 11.3. The maximum Gasteiger partial charge on any atom is 0.244 e. The Balaban J connectivity index is 2.48. The van der Waals surface area contributed by atoms with Crippen LogP contribution in [0.4, 0.5) is 5.69 Å². The molecule has 36 heavy (non-hydrogen) atoms. The largest absolute Gasteiger partial charge is 0.354 e. The number of carbonyl (C=O) groups excluding carboxylic acids is 2. The van der Waals surface area contributed by atoms with Gasteiger partial charge in [0.2, 0.25) is 21.8 Å². The van der Waals surface area contributed by atoms with Crippen LogP contribution < -0.4 is 9.62 Å². The highest BCUT2D eigenvalue weighted by Crippen LogP contribution is 2.35. The van der Waals surface area contributed by atoms with Crippen LogP contribution in [0.25, 0.3) is 0 Å². The minimum Gasteiger partial charge on any atom is -0.354 e. The molecule has 0 aromatic heterocycles. The van der Waals surface area contributed by atoms with Gasteiger partial charge in [-0.05, 0) is 43.0 Å². The van der Waals surface area contributed by atoms with Crippen LogP contribution in [0.5, 0.6) is 0 Å². The van der Waals surface area contributed by atoms with Crippen molar-refractivity contribution in [3.8, 4) is 0 Å². The van der Waals surface area contributed by atoms with E-state index in [9.17, 15) is 18.0 Å². The summed E-state index contributed by atoms with van der Waals surface area (Å²) >= 11 is 18.4. The van der Waals surface area contributed by atoms with Crippen molar-refractivity contribution >= 4 is 62.3 Å². The van der Waals surface area contributed by atoms with Gasteiger partial charge in [0.25, 0.3) is 0 Å². The molecule has 2 rings (SSSR count). The zero-order valence-corrected chi connectivity index (χ0v) is 23.9. The number of halogens is 3. The molecule has 0 unspecified atom stereocenters. The number of hydrogen-bond acceptors (Lipinski definition) is 4. The van der Waals surface area contributed by atoms with E-state index in [1.165, 1.54) is 17.0 Å². The van der Waals surface area contributed by atoms with Crippen LogP contribution in [0, 0.1) is 6.92 Å². The summed E-state index contributed by atoms with van der Waals surface area (Å²) in [6.45, 7) is 5.81. The fraction of sp³-hybridized carbons (Fsp3) is 0.440. The normalized spacial score (nSPS) is 12.2. The van der Waals surface area contributed by atoms with Gasteiger partial charge < -0.3 is 10.2 Å². The molecule has 198 valence electrons. The van der Waals surface area contributed by atoms with Crippen molar-refractivity contribution in [3.05, 3.63) is 62.6 Å². The average molecular weight is 577 g/mol. The fourth-order valence-electron chi connectivity index (χ4n) is 3.69. The second-order valence-electron chi connectivity index (χ2n) is 8.50. The minimum absolute atomic E-state index is 0.0254. The van der Waals surface area contributed by atoms with Crippen LogP contribution in [0.2, 0.25) is 15.1 Å². The lowest BCUT2D eigenvalue weighted by molar-refractivity contribution is -0.140. The highest BCUT2D eigenvalue weighted by molar-refractivity contribution is 7.92. The van der Waals surface area contributed by atoms with Crippen molar-refractivity contribution < 1.29 is 18.0 Å². The number of sulfonamides is 1. The second-order valence-corrected chi connectivity index (χ2v) is 11.6. The second kappa shape index (κ2) is 13.5. The summed E-state index contributed by atoms with van der Waals surface area (Å²) in [7, 11) is -3.95. The molecule has 1 atom stereocenters. The third-order valence-electron chi connectivity index (χ3n) is 5.76. The molecule has 2 aromatic rings. The van der Waals surface area contributed by atoms with Gasteiger partial charge in [0.15, 0.2) is 0 Å². The van der Waals surface area contributed by atoms with E-state index in [0.717, 1.165) is 34.5 Å². The van der Waals surface area contributed by atoms with Crippen LogP contribution in [0.3, 0.4) is 0 Å². The Hall–Kier alpha value is -2.00. The molecule has 0 heterocycles. The fourth-order valence-corrected chi connectivity index (χ4v) is 5.24. The van der Waals surface area contributed by atoms with Gasteiger partial charge in [0, 0.05) is 13.1 Å². The van der Waals surface area contributed by atoms with Gasteiger partial charge in [-0.3, -0.25) is 13.9 Å². The van der Waals surface area contributed by atoms with E-state index in [0.29, 0.717) is 13.0 Å². The molecule has 1 N–H and O–H groups in total. The van der Waals surface area contributed by atoms with E-state index in [4.69, 9.17) is 34.8 Å². The van der Waals surface area contributed by atoms with Gasteiger partial charge >= 0.3 is 0 Å². The van der Waals surface area contributed by atoms with E-state index in [1.54, 1.807) is 0 Å². The lowest BCUT2D eigenvalue weighted by Gasteiger charge is -2.33. The lowest BCUT2D eigenvalue weighted by Crippen LogP contribution is -2.52. The number of amides is 2. The van der Waals surface area contributed by atoms with Crippen LogP contribution in [-0.2, 0) is 26.2 Å². The molecule has 0 aliphatic carbocycles. The number of nitrogens with zero attached hydrogens (tertiary/aromatic N) is 2. The van der Waals surface area contributed by atoms with Crippen molar-refractivity contribution in [3.63, 3.8) is 0 Å². The maximum atomic E-state index is 13.7. The van der Waals surface area contributed by atoms with Crippen LogP contribution in [0.15, 0.2) is 36.4 Å². The van der Waals surface area contributed by atoms with Gasteiger partial charge in [-0.2, -0.15) is 0 Å². The first-order valence-corrected chi connectivity index (χ1v) is 14.6. The van der Waals surface area contributed by atoms with Crippen molar-refractivity contribution in [1.82, 2.24) is 10.2 Å². The lowest BCUT2D eigenvalue weighted by atomic mass is 10.1. The zero-order chi connectivity index (χ0) is 27.0. The van der Waals surface area contributed by atoms with E-state index < -0.39 is 28.5 Å². The quantitative estimate of drug-likeness (QED) is 0.269. The van der Waals surface area contributed by atoms with Gasteiger partial charge in [-0.25, -0.2) is 8.42 Å². The van der Waals surface area contributed by atoms with Crippen LogP contribution in [-0.4, -0.2) is 50.5 Å². The van der Waals surface area contributed by atoms with Crippen LogP contribution in [0.1, 0.15) is 44.2 Å². The highest BCUT2D eigenvalue weighted by Gasteiger charge is 2.32. The molecule has 0 aliphatic heterocycles. The molecule has 0 bridgehead atoms. The smallest absolute Gasteiger partial charge is 0.244 e. The molecule has 0 spiro atoms. The van der Waals surface area contributed by atoms with Crippen molar-refractivity contribution in [2.24, 2.45) is 0 Å². The molecule has 0 saturated heterocycles. The maximum absolute atomic E-state index is 13.7. The Morgan fingerprint density at radius 1 is 1.03 bits per heavy atom. The van der Waals surface area contributed by atoms with Gasteiger partial charge in [-0.15, -0.1) is 0 Å². The molecule has 7 nitrogen and oxygen atoms in total. The average Bonchev–Trinajstić information content (AvgIpc) is 2.80. The van der Waals surface area contributed by atoms with Crippen molar-refractivity contribution in [2.45, 2.75) is 52.6 Å². The van der Waals surface area contributed by atoms with Crippen molar-refractivity contribution in [1.29, 1.82) is 0 Å². The van der Waals surface area contributed by atoms with Gasteiger partial charge in [-0.1, -0.05) is 79.3 Å². The van der Waals surface area contributed by atoms with E-state index >= 15 is 0 Å². The Bertz CT molecular complexity index is 1190. The number of unbranched alkanes of at least 4 members (excludes halogenated alkanes) is 1.